The van der Waals surface area contributed by atoms with E-state index >= 15 is 0 Å². The van der Waals surface area contributed by atoms with Crippen molar-refractivity contribution in [1.82, 2.24) is 4.98 Å². The minimum atomic E-state index is -0.556. The third-order valence-electron chi connectivity index (χ3n) is 5.17. The molecule has 1 aliphatic rings. The van der Waals surface area contributed by atoms with Crippen LogP contribution in [0.15, 0.2) is 97.2 Å². The summed E-state index contributed by atoms with van der Waals surface area (Å²) in [6.07, 6.45) is 6.22. The number of hydrogen-bond acceptors (Lipinski definition) is 4. The summed E-state index contributed by atoms with van der Waals surface area (Å²) in [7, 11) is 0. The van der Waals surface area contributed by atoms with Crippen LogP contribution in [0.4, 0.5) is 21.5 Å². The molecule has 1 aliphatic heterocycles. The Balaban J connectivity index is 1.52. The van der Waals surface area contributed by atoms with E-state index < -0.39 is 5.83 Å². The highest BCUT2D eigenvalue weighted by atomic mass is 19.1. The van der Waals surface area contributed by atoms with Crippen molar-refractivity contribution in [1.29, 1.82) is 0 Å². The molecule has 1 N–H and O–H groups in total. The van der Waals surface area contributed by atoms with Crippen LogP contribution in [0.2, 0.25) is 0 Å². The fourth-order valence-corrected chi connectivity index (χ4v) is 3.61. The Morgan fingerprint density at radius 2 is 1.97 bits per heavy atom. The standard InChI is InChI=1S/C27H24FN3O2/c1-4-24(10-8-18(2)28)33-25-7-5-6-23(16-25)31-17-20-15-21(9-11-26(20)27(31)32)30-22-12-13-29-19(3)14-22/h4-16H,2,17H2,1,3H3,(H,29,30)/b10-8-,24-4+. The quantitative estimate of drug-likeness (QED) is 0.331. The van der Waals surface area contributed by atoms with Gasteiger partial charge in [-0.3, -0.25) is 9.78 Å². The summed E-state index contributed by atoms with van der Waals surface area (Å²) >= 11 is 0. The van der Waals surface area contributed by atoms with Crippen LogP contribution in [0.3, 0.4) is 0 Å². The number of nitrogens with zero attached hydrogens (tertiary/aromatic N) is 2. The lowest BCUT2D eigenvalue weighted by atomic mass is 10.1. The number of rotatable bonds is 7. The largest absolute Gasteiger partial charge is 0.458 e. The zero-order chi connectivity index (χ0) is 23.4. The van der Waals surface area contributed by atoms with Crippen molar-refractivity contribution in [2.24, 2.45) is 0 Å². The molecular formula is C27H24FN3O2. The highest BCUT2D eigenvalue weighted by Crippen LogP contribution is 2.33. The topological polar surface area (TPSA) is 54.5 Å². The van der Waals surface area contributed by atoms with Crippen molar-refractivity contribution >= 4 is 23.0 Å². The Kier molecular flexibility index (Phi) is 6.36. The third kappa shape index (κ3) is 5.18. The van der Waals surface area contributed by atoms with E-state index in [1.54, 1.807) is 36.2 Å². The number of amides is 1. The predicted molar refractivity (Wildman–Crippen MR) is 129 cm³/mol. The average molecular weight is 442 g/mol. The molecule has 4 rings (SSSR count). The Morgan fingerprint density at radius 1 is 1.15 bits per heavy atom. The maximum Gasteiger partial charge on any atom is 0.258 e. The first-order valence-electron chi connectivity index (χ1n) is 10.5. The highest BCUT2D eigenvalue weighted by Gasteiger charge is 2.29. The molecule has 6 heteroatoms. The summed E-state index contributed by atoms with van der Waals surface area (Å²) in [6, 6.07) is 16.9. The normalized spacial score (nSPS) is 13.4. The molecular weight excluding hydrogens is 417 g/mol. The molecule has 1 amide bonds. The SMILES string of the molecule is C=C(F)/C=C\C(=C/C)Oc1cccc(N2Cc3cc(Nc4ccnc(C)c4)ccc3C2=O)c1. The average Bonchev–Trinajstić information content (AvgIpc) is 3.12. The minimum Gasteiger partial charge on any atom is -0.458 e. The first-order chi connectivity index (χ1) is 15.9. The number of aromatic nitrogens is 1. The van der Waals surface area contributed by atoms with Gasteiger partial charge in [0.05, 0.1) is 6.54 Å². The van der Waals surface area contributed by atoms with E-state index in [1.807, 2.05) is 49.4 Å². The maximum atomic E-state index is 13.1. The van der Waals surface area contributed by atoms with Crippen LogP contribution in [0.25, 0.3) is 0 Å². The van der Waals surface area contributed by atoms with E-state index in [0.29, 0.717) is 23.6 Å². The van der Waals surface area contributed by atoms with Crippen molar-refractivity contribution < 1.29 is 13.9 Å². The van der Waals surface area contributed by atoms with Gasteiger partial charge in [-0.2, -0.15) is 0 Å². The number of halogens is 1. The molecule has 0 radical (unpaired) electrons. The number of carbonyl (C=O) groups excluding carboxylic acids is 1. The van der Waals surface area contributed by atoms with Gasteiger partial charge in [0, 0.05) is 40.6 Å². The van der Waals surface area contributed by atoms with E-state index in [1.165, 1.54) is 12.2 Å². The number of benzene rings is 2. The second-order valence-electron chi connectivity index (χ2n) is 7.64. The van der Waals surface area contributed by atoms with Crippen LogP contribution in [0, 0.1) is 6.92 Å². The monoisotopic (exact) mass is 441 g/mol. The van der Waals surface area contributed by atoms with Crippen LogP contribution in [-0.4, -0.2) is 10.9 Å². The molecule has 0 unspecified atom stereocenters. The van der Waals surface area contributed by atoms with Crippen LogP contribution in [0.5, 0.6) is 5.75 Å². The molecule has 33 heavy (non-hydrogen) atoms. The molecule has 5 nitrogen and oxygen atoms in total. The highest BCUT2D eigenvalue weighted by molar-refractivity contribution is 6.10. The molecule has 0 fully saturated rings. The van der Waals surface area contributed by atoms with Gasteiger partial charge in [0.2, 0.25) is 0 Å². The summed E-state index contributed by atoms with van der Waals surface area (Å²) in [5.74, 6) is 0.409. The number of nitrogens with one attached hydrogen (secondary N) is 1. The van der Waals surface area contributed by atoms with Gasteiger partial charge >= 0.3 is 0 Å². The number of aryl methyl sites for hydroxylation is 1. The number of carbonyl (C=O) groups is 1. The molecule has 0 saturated carbocycles. The molecule has 0 aliphatic carbocycles. The lowest BCUT2D eigenvalue weighted by Gasteiger charge is -2.17. The van der Waals surface area contributed by atoms with Crippen LogP contribution < -0.4 is 15.0 Å². The molecule has 3 aromatic rings. The van der Waals surface area contributed by atoms with Gasteiger partial charge in [0.25, 0.3) is 5.91 Å². The Labute approximate surface area is 192 Å². The number of allylic oxidation sites excluding steroid dienone is 4. The van der Waals surface area contributed by atoms with Crippen molar-refractivity contribution in [3.05, 3.63) is 114 Å². The zero-order valence-electron chi connectivity index (χ0n) is 18.5. The third-order valence-corrected chi connectivity index (χ3v) is 5.17. The number of ether oxygens (including phenoxy) is 1. The lowest BCUT2D eigenvalue weighted by molar-refractivity contribution is 0.0996. The first-order valence-corrected chi connectivity index (χ1v) is 10.5. The van der Waals surface area contributed by atoms with Crippen molar-refractivity contribution in [2.45, 2.75) is 20.4 Å². The van der Waals surface area contributed by atoms with Gasteiger partial charge < -0.3 is 15.0 Å². The van der Waals surface area contributed by atoms with Gasteiger partial charge in [-0.05, 0) is 80.1 Å². The summed E-state index contributed by atoms with van der Waals surface area (Å²) in [6.45, 7) is 7.40. The predicted octanol–water partition coefficient (Wildman–Crippen LogP) is 6.62. The zero-order valence-corrected chi connectivity index (χ0v) is 18.5. The van der Waals surface area contributed by atoms with Gasteiger partial charge in [-0.15, -0.1) is 0 Å². The second kappa shape index (κ2) is 9.53. The van der Waals surface area contributed by atoms with Crippen molar-refractivity contribution in [2.75, 3.05) is 10.2 Å². The molecule has 0 atom stereocenters. The van der Waals surface area contributed by atoms with E-state index in [9.17, 15) is 9.18 Å². The molecule has 0 saturated heterocycles. The first kappa shape index (κ1) is 22.0. The van der Waals surface area contributed by atoms with Crippen LogP contribution >= 0.6 is 0 Å². The molecule has 1 aromatic heterocycles. The summed E-state index contributed by atoms with van der Waals surface area (Å²) in [4.78, 5) is 19.0. The van der Waals surface area contributed by atoms with E-state index in [2.05, 4.69) is 16.9 Å². The van der Waals surface area contributed by atoms with Crippen LogP contribution in [-0.2, 0) is 6.54 Å². The van der Waals surface area contributed by atoms with Gasteiger partial charge in [0.1, 0.15) is 17.3 Å². The van der Waals surface area contributed by atoms with E-state index in [-0.39, 0.29) is 5.91 Å². The number of anilines is 3. The summed E-state index contributed by atoms with van der Waals surface area (Å²) in [5.41, 5.74) is 5.12. The molecule has 2 heterocycles. The lowest BCUT2D eigenvalue weighted by Crippen LogP contribution is -2.22. The Bertz CT molecular complexity index is 1280. The fraction of sp³-hybridized carbons (Fsp3) is 0.111. The number of pyridine rings is 1. The fourth-order valence-electron chi connectivity index (χ4n) is 3.61. The second-order valence-corrected chi connectivity index (χ2v) is 7.64. The van der Waals surface area contributed by atoms with Gasteiger partial charge in [-0.25, -0.2) is 4.39 Å². The summed E-state index contributed by atoms with van der Waals surface area (Å²) in [5, 5.41) is 3.37. The minimum absolute atomic E-state index is 0.0617. The van der Waals surface area contributed by atoms with E-state index in [0.717, 1.165) is 28.3 Å². The van der Waals surface area contributed by atoms with Crippen molar-refractivity contribution in [3.8, 4) is 5.75 Å². The van der Waals surface area contributed by atoms with Gasteiger partial charge in [0.15, 0.2) is 0 Å². The van der Waals surface area contributed by atoms with Crippen LogP contribution in [0.1, 0.15) is 28.5 Å². The van der Waals surface area contributed by atoms with Crippen molar-refractivity contribution in [3.63, 3.8) is 0 Å². The maximum absolute atomic E-state index is 13.1. The number of fused-ring (bicyclic) bond motifs is 1. The summed E-state index contributed by atoms with van der Waals surface area (Å²) < 4.78 is 18.8. The molecule has 2 aromatic carbocycles. The Hall–Kier alpha value is -4.19. The molecule has 0 bridgehead atoms. The van der Waals surface area contributed by atoms with E-state index in [4.69, 9.17) is 4.74 Å². The van der Waals surface area contributed by atoms with Gasteiger partial charge in [-0.1, -0.05) is 12.6 Å². The molecule has 0 spiro atoms. The Morgan fingerprint density at radius 3 is 2.73 bits per heavy atom. The molecule has 166 valence electrons. The smallest absolute Gasteiger partial charge is 0.258 e. The number of hydrogen-bond donors (Lipinski definition) is 1.